The zero-order chi connectivity index (χ0) is 25.6. The van der Waals surface area contributed by atoms with E-state index in [1.54, 1.807) is 35.2 Å². The fraction of sp³-hybridized carbons (Fsp3) is 0.391. The lowest BCUT2D eigenvalue weighted by Crippen LogP contribution is -2.47. The van der Waals surface area contributed by atoms with Crippen LogP contribution in [0.4, 0.5) is 36.8 Å². The number of urea groups is 1. The summed E-state index contributed by atoms with van der Waals surface area (Å²) < 4.78 is 79.0. The van der Waals surface area contributed by atoms with Crippen molar-refractivity contribution in [3.05, 3.63) is 65.2 Å². The molecule has 0 spiro atoms. The van der Waals surface area contributed by atoms with Crippen molar-refractivity contribution in [2.75, 3.05) is 38.0 Å². The van der Waals surface area contributed by atoms with Crippen LogP contribution >= 0.6 is 0 Å². The van der Waals surface area contributed by atoms with Crippen LogP contribution in [0.25, 0.3) is 0 Å². The van der Waals surface area contributed by atoms with Crippen LogP contribution in [0.2, 0.25) is 0 Å². The van der Waals surface area contributed by atoms with Crippen molar-refractivity contribution in [1.82, 2.24) is 15.1 Å². The highest BCUT2D eigenvalue weighted by molar-refractivity contribution is 5.90. The summed E-state index contributed by atoms with van der Waals surface area (Å²) in [6.45, 7) is 2.22. The van der Waals surface area contributed by atoms with E-state index in [9.17, 15) is 35.9 Å². The number of benzene rings is 2. The molecule has 1 saturated heterocycles. The van der Waals surface area contributed by atoms with Gasteiger partial charge in [0.15, 0.2) is 0 Å². The highest BCUT2D eigenvalue weighted by atomic mass is 19.4. The zero-order valence-electron chi connectivity index (χ0n) is 18.5. The molecule has 0 aliphatic carbocycles. The molecule has 2 aromatic carbocycles. The second kappa shape index (κ2) is 11.0. The Morgan fingerprint density at radius 2 is 1.49 bits per heavy atom. The molecular weight excluding hydrogens is 478 g/mol. The summed E-state index contributed by atoms with van der Waals surface area (Å²) in [6.07, 6.45) is -10.1. The molecule has 12 heteroatoms. The maximum absolute atomic E-state index is 13.2. The molecule has 1 aliphatic heterocycles. The first-order valence-electron chi connectivity index (χ1n) is 10.8. The van der Waals surface area contributed by atoms with Gasteiger partial charge in [-0.05, 0) is 23.8 Å². The smallest absolute Gasteiger partial charge is 0.340 e. The summed E-state index contributed by atoms with van der Waals surface area (Å²) in [7, 11) is 0. The topological polar surface area (TPSA) is 64.7 Å². The number of hydrogen-bond donors (Lipinski definition) is 2. The minimum atomic E-state index is -5.04. The molecule has 2 aromatic rings. The monoisotopic (exact) mass is 502 g/mol. The summed E-state index contributed by atoms with van der Waals surface area (Å²) >= 11 is 0. The van der Waals surface area contributed by atoms with Crippen LogP contribution in [0, 0.1) is 0 Å². The average molecular weight is 502 g/mol. The molecule has 3 rings (SSSR count). The van der Waals surface area contributed by atoms with Gasteiger partial charge in [-0.25, -0.2) is 4.79 Å². The number of anilines is 1. The maximum atomic E-state index is 13.2. The summed E-state index contributed by atoms with van der Waals surface area (Å²) in [4.78, 5) is 28.3. The number of nitrogens with zero attached hydrogens (tertiary/aromatic N) is 2. The quantitative estimate of drug-likeness (QED) is 0.569. The number of carbonyl (C=O) groups is 2. The largest absolute Gasteiger partial charge is 0.416 e. The van der Waals surface area contributed by atoms with E-state index >= 15 is 0 Å². The standard InChI is InChI=1S/C23H24F6N4O2/c24-22(25,26)17-12-18(23(27,28)29)14-19(13-17)31-21(35)33(15-16-4-2-1-3-5-16)9-6-20(34)32-10-7-30-8-11-32/h1-5,12-14,30H,6-11,15H2,(H,31,35). The van der Waals surface area contributed by atoms with Gasteiger partial charge in [0.2, 0.25) is 5.91 Å². The predicted molar refractivity (Wildman–Crippen MR) is 116 cm³/mol. The van der Waals surface area contributed by atoms with Gasteiger partial charge in [0, 0.05) is 51.4 Å². The summed E-state index contributed by atoms with van der Waals surface area (Å²) in [5, 5.41) is 5.26. The normalized spacial score (nSPS) is 14.5. The molecule has 0 bridgehead atoms. The molecule has 0 radical (unpaired) electrons. The number of hydrogen-bond acceptors (Lipinski definition) is 3. The summed E-state index contributed by atoms with van der Waals surface area (Å²) in [5.41, 5.74) is -3.04. The molecule has 190 valence electrons. The molecule has 6 nitrogen and oxygen atoms in total. The molecule has 1 fully saturated rings. The van der Waals surface area contributed by atoms with Gasteiger partial charge in [0.1, 0.15) is 0 Å². The fourth-order valence-corrected chi connectivity index (χ4v) is 3.59. The molecule has 2 N–H and O–H groups in total. The van der Waals surface area contributed by atoms with Crippen molar-refractivity contribution >= 4 is 17.6 Å². The van der Waals surface area contributed by atoms with Crippen LogP contribution in [0.15, 0.2) is 48.5 Å². The lowest BCUT2D eigenvalue weighted by atomic mass is 10.1. The molecule has 1 aliphatic rings. The molecule has 0 saturated carbocycles. The molecule has 35 heavy (non-hydrogen) atoms. The Kier molecular flexibility index (Phi) is 8.26. The Hall–Kier alpha value is -3.28. The third-order valence-electron chi connectivity index (χ3n) is 5.41. The van der Waals surface area contributed by atoms with Crippen molar-refractivity contribution in [2.24, 2.45) is 0 Å². The Morgan fingerprint density at radius 3 is 2.03 bits per heavy atom. The Morgan fingerprint density at radius 1 is 0.914 bits per heavy atom. The first kappa shape index (κ1) is 26.3. The van der Waals surface area contributed by atoms with E-state index in [-0.39, 0.29) is 31.5 Å². The minimum absolute atomic E-state index is 0.00655. The molecule has 3 amide bonds. The third-order valence-corrected chi connectivity index (χ3v) is 5.41. The Balaban J connectivity index is 1.80. The first-order chi connectivity index (χ1) is 16.4. The first-order valence-corrected chi connectivity index (χ1v) is 10.8. The predicted octanol–water partition coefficient (Wildman–Crippen LogP) is 4.58. The van der Waals surface area contributed by atoms with Gasteiger partial charge in [0.25, 0.3) is 0 Å². The summed E-state index contributed by atoms with van der Waals surface area (Å²) in [6, 6.07) is 8.58. The molecule has 0 unspecified atom stereocenters. The van der Waals surface area contributed by atoms with Crippen LogP contribution in [0.3, 0.4) is 0 Å². The number of rotatable bonds is 6. The average Bonchev–Trinajstić information content (AvgIpc) is 2.81. The van der Waals surface area contributed by atoms with E-state index in [1.165, 1.54) is 4.90 Å². The number of halogens is 6. The van der Waals surface area contributed by atoms with Gasteiger partial charge >= 0.3 is 18.4 Å². The van der Waals surface area contributed by atoms with Crippen LogP contribution in [0.1, 0.15) is 23.1 Å². The van der Waals surface area contributed by atoms with Gasteiger partial charge in [-0.3, -0.25) is 4.79 Å². The van der Waals surface area contributed by atoms with Gasteiger partial charge < -0.3 is 20.4 Å². The van der Waals surface area contributed by atoms with E-state index in [0.717, 1.165) is 0 Å². The van der Waals surface area contributed by atoms with Crippen LogP contribution < -0.4 is 10.6 Å². The number of nitrogens with one attached hydrogen (secondary N) is 2. The Bertz CT molecular complexity index is 989. The Labute approximate surface area is 197 Å². The van der Waals surface area contributed by atoms with Crippen LogP contribution in [-0.2, 0) is 23.7 Å². The van der Waals surface area contributed by atoms with E-state index in [2.05, 4.69) is 10.6 Å². The number of carbonyl (C=O) groups excluding carboxylic acids is 2. The fourth-order valence-electron chi connectivity index (χ4n) is 3.59. The lowest BCUT2D eigenvalue weighted by molar-refractivity contribution is -0.143. The lowest BCUT2D eigenvalue weighted by Gasteiger charge is -2.29. The zero-order valence-corrected chi connectivity index (χ0v) is 18.5. The highest BCUT2D eigenvalue weighted by Gasteiger charge is 2.37. The molecule has 0 aromatic heterocycles. The van der Waals surface area contributed by atoms with Crippen LogP contribution in [0.5, 0.6) is 0 Å². The van der Waals surface area contributed by atoms with E-state index in [0.29, 0.717) is 43.9 Å². The molecule has 1 heterocycles. The number of piperazine rings is 1. The maximum Gasteiger partial charge on any atom is 0.416 e. The molecule has 0 atom stereocenters. The van der Waals surface area contributed by atoms with Crippen molar-refractivity contribution < 1.29 is 35.9 Å². The number of alkyl halides is 6. The SMILES string of the molecule is O=C(CCN(Cc1ccccc1)C(=O)Nc1cc(C(F)(F)F)cc(C(F)(F)F)c1)N1CCNCC1. The number of amides is 3. The van der Waals surface area contributed by atoms with E-state index in [4.69, 9.17) is 0 Å². The van der Waals surface area contributed by atoms with E-state index in [1.807, 2.05) is 0 Å². The van der Waals surface area contributed by atoms with Gasteiger partial charge in [-0.15, -0.1) is 0 Å². The van der Waals surface area contributed by atoms with Crippen molar-refractivity contribution in [3.63, 3.8) is 0 Å². The van der Waals surface area contributed by atoms with Crippen molar-refractivity contribution in [3.8, 4) is 0 Å². The van der Waals surface area contributed by atoms with Crippen LogP contribution in [-0.4, -0.2) is 54.5 Å². The van der Waals surface area contributed by atoms with Gasteiger partial charge in [-0.2, -0.15) is 26.3 Å². The van der Waals surface area contributed by atoms with Gasteiger partial charge in [-0.1, -0.05) is 30.3 Å². The third kappa shape index (κ3) is 7.61. The second-order valence-corrected chi connectivity index (χ2v) is 8.01. The second-order valence-electron chi connectivity index (χ2n) is 8.01. The van der Waals surface area contributed by atoms with Crippen molar-refractivity contribution in [1.29, 1.82) is 0 Å². The summed E-state index contributed by atoms with van der Waals surface area (Å²) in [5.74, 6) is -0.198. The van der Waals surface area contributed by atoms with Gasteiger partial charge in [0.05, 0.1) is 11.1 Å². The van der Waals surface area contributed by atoms with Crippen molar-refractivity contribution in [2.45, 2.75) is 25.3 Å². The van der Waals surface area contributed by atoms with E-state index < -0.39 is 35.2 Å². The molecular formula is C23H24F6N4O2. The minimum Gasteiger partial charge on any atom is -0.340 e. The highest BCUT2D eigenvalue weighted by Crippen LogP contribution is 2.37.